The van der Waals surface area contributed by atoms with Gasteiger partial charge in [0.1, 0.15) is 5.75 Å². The lowest BCUT2D eigenvalue weighted by Crippen LogP contribution is -2.12. The van der Waals surface area contributed by atoms with Crippen LogP contribution in [0.3, 0.4) is 0 Å². The Morgan fingerprint density at radius 2 is 1.44 bits per heavy atom. The molecule has 0 saturated carbocycles. The van der Waals surface area contributed by atoms with Crippen molar-refractivity contribution in [3.8, 4) is 5.75 Å². The molecule has 0 aliphatic rings. The van der Waals surface area contributed by atoms with Gasteiger partial charge >= 0.3 is 12.4 Å². The van der Waals surface area contributed by atoms with Crippen LogP contribution in [-0.4, -0.2) is 5.11 Å². The molecule has 90 valence electrons. The minimum atomic E-state index is -4.94. The lowest BCUT2D eigenvalue weighted by molar-refractivity contribution is -0.143. The third kappa shape index (κ3) is 2.71. The molecule has 0 heterocycles. The van der Waals surface area contributed by atoms with E-state index in [4.69, 9.17) is 5.11 Å². The fourth-order valence-corrected chi connectivity index (χ4v) is 1.60. The summed E-state index contributed by atoms with van der Waals surface area (Å²) in [6.07, 6.45) is -9.86. The predicted molar refractivity (Wildman–Crippen MR) is 50.8 cm³/mol. The summed E-state index contributed by atoms with van der Waals surface area (Å²) in [7, 11) is 0. The van der Waals surface area contributed by atoms with E-state index in [1.807, 2.05) is 0 Å². The fourth-order valence-electron chi connectivity index (χ4n) is 0.979. The van der Waals surface area contributed by atoms with Crippen LogP contribution in [0.4, 0.5) is 26.3 Å². The van der Waals surface area contributed by atoms with E-state index < -0.39 is 32.8 Å². The van der Waals surface area contributed by atoms with Crippen molar-refractivity contribution in [2.45, 2.75) is 12.4 Å². The van der Waals surface area contributed by atoms with Crippen molar-refractivity contribution < 1.29 is 31.4 Å². The number of halogens is 7. The Balaban J connectivity index is 3.46. The summed E-state index contributed by atoms with van der Waals surface area (Å²) in [4.78, 5) is 0. The second-order valence-corrected chi connectivity index (χ2v) is 3.93. The van der Waals surface area contributed by atoms with E-state index in [2.05, 4.69) is 0 Å². The minimum Gasteiger partial charge on any atom is -0.507 e. The third-order valence-corrected chi connectivity index (χ3v) is 2.82. The van der Waals surface area contributed by atoms with Crippen molar-refractivity contribution in [3.63, 3.8) is 0 Å². The van der Waals surface area contributed by atoms with Crippen LogP contribution in [0.1, 0.15) is 11.1 Å². The lowest BCUT2D eigenvalue weighted by Gasteiger charge is -2.14. The molecule has 0 aromatic heterocycles. The van der Waals surface area contributed by atoms with Crippen LogP contribution >= 0.6 is 22.6 Å². The SMILES string of the molecule is Oc1cc(C(F)(F)F)cc(C(F)(F)F)c1I. The van der Waals surface area contributed by atoms with Gasteiger partial charge in [0.15, 0.2) is 0 Å². The monoisotopic (exact) mass is 356 g/mol. The van der Waals surface area contributed by atoms with Crippen molar-refractivity contribution in [3.05, 3.63) is 26.8 Å². The zero-order valence-corrected chi connectivity index (χ0v) is 9.41. The number of rotatable bonds is 0. The molecule has 0 spiro atoms. The molecular weight excluding hydrogens is 353 g/mol. The molecule has 1 rings (SSSR count). The summed E-state index contributed by atoms with van der Waals surface area (Å²) in [5.74, 6) is -1.04. The van der Waals surface area contributed by atoms with Crippen molar-refractivity contribution in [1.82, 2.24) is 0 Å². The summed E-state index contributed by atoms with van der Waals surface area (Å²) in [6, 6.07) is 0.235. The molecule has 0 radical (unpaired) electrons. The molecule has 0 unspecified atom stereocenters. The van der Waals surface area contributed by atoms with Gasteiger partial charge in [0, 0.05) is 0 Å². The fraction of sp³-hybridized carbons (Fsp3) is 0.250. The summed E-state index contributed by atoms with van der Waals surface area (Å²) in [5, 5.41) is 9.00. The van der Waals surface area contributed by atoms with Gasteiger partial charge in [-0.1, -0.05) is 0 Å². The van der Waals surface area contributed by atoms with Crippen LogP contribution in [0, 0.1) is 3.57 Å². The van der Waals surface area contributed by atoms with E-state index in [-0.39, 0.29) is 12.1 Å². The first kappa shape index (κ1) is 13.4. The molecule has 8 heteroatoms. The highest BCUT2D eigenvalue weighted by molar-refractivity contribution is 14.1. The standard InChI is InChI=1S/C8H3F6IO/c9-7(10,11)3-1-4(8(12,13)14)6(15)5(16)2-3/h1-2,16H. The van der Waals surface area contributed by atoms with Gasteiger partial charge in [-0.2, -0.15) is 26.3 Å². The predicted octanol–water partition coefficient (Wildman–Crippen LogP) is 4.03. The number of phenols is 1. The van der Waals surface area contributed by atoms with Crippen molar-refractivity contribution >= 4 is 22.6 Å². The average molecular weight is 356 g/mol. The van der Waals surface area contributed by atoms with Gasteiger partial charge in [0.05, 0.1) is 14.7 Å². The maximum absolute atomic E-state index is 12.3. The molecular formula is C8H3F6IO. The Morgan fingerprint density at radius 1 is 0.938 bits per heavy atom. The normalized spacial score (nSPS) is 12.9. The van der Waals surface area contributed by atoms with E-state index in [1.165, 1.54) is 0 Å². The van der Waals surface area contributed by atoms with Gasteiger partial charge in [-0.15, -0.1) is 0 Å². The minimum absolute atomic E-state index is 0.0263. The molecule has 0 fully saturated rings. The second kappa shape index (κ2) is 3.97. The van der Waals surface area contributed by atoms with Crippen LogP contribution in [0.25, 0.3) is 0 Å². The molecule has 1 aromatic rings. The summed E-state index contributed by atoms with van der Waals surface area (Å²) < 4.78 is 72.8. The van der Waals surface area contributed by atoms with Crippen LogP contribution in [0.15, 0.2) is 12.1 Å². The quantitative estimate of drug-likeness (QED) is 0.550. The smallest absolute Gasteiger partial charge is 0.417 e. The Morgan fingerprint density at radius 3 is 1.81 bits per heavy atom. The Kier molecular flexibility index (Phi) is 3.32. The summed E-state index contributed by atoms with van der Waals surface area (Å²) in [6.45, 7) is 0. The molecule has 0 saturated heterocycles. The Labute approximate surface area is 99.2 Å². The number of benzene rings is 1. The van der Waals surface area contributed by atoms with Gasteiger partial charge in [-0.3, -0.25) is 0 Å². The number of phenolic OH excluding ortho intramolecular Hbond substituents is 1. The molecule has 1 nitrogen and oxygen atoms in total. The molecule has 0 atom stereocenters. The zero-order chi connectivity index (χ0) is 12.7. The Bertz CT molecular complexity index is 408. The molecule has 0 bridgehead atoms. The largest absolute Gasteiger partial charge is 0.507 e. The summed E-state index contributed by atoms with van der Waals surface area (Å²) in [5.41, 5.74) is -3.03. The molecule has 0 aliphatic heterocycles. The first-order valence-electron chi connectivity index (χ1n) is 3.70. The maximum Gasteiger partial charge on any atom is 0.417 e. The highest BCUT2D eigenvalue weighted by Gasteiger charge is 2.39. The van der Waals surface area contributed by atoms with Gasteiger partial charge in [0.25, 0.3) is 0 Å². The molecule has 0 aliphatic carbocycles. The first-order valence-corrected chi connectivity index (χ1v) is 4.78. The van der Waals surface area contributed by atoms with Crippen LogP contribution in [0.5, 0.6) is 5.75 Å². The number of hydrogen-bond donors (Lipinski definition) is 1. The van der Waals surface area contributed by atoms with Gasteiger partial charge in [0.2, 0.25) is 0 Å². The van der Waals surface area contributed by atoms with Gasteiger partial charge in [-0.05, 0) is 34.7 Å². The zero-order valence-electron chi connectivity index (χ0n) is 7.25. The number of hydrogen-bond acceptors (Lipinski definition) is 1. The van der Waals surface area contributed by atoms with Crippen molar-refractivity contribution in [1.29, 1.82) is 0 Å². The number of alkyl halides is 6. The lowest BCUT2D eigenvalue weighted by atomic mass is 10.1. The average Bonchev–Trinajstić information content (AvgIpc) is 2.05. The highest BCUT2D eigenvalue weighted by Crippen LogP contribution is 2.41. The topological polar surface area (TPSA) is 20.2 Å². The van der Waals surface area contributed by atoms with Crippen molar-refractivity contribution in [2.24, 2.45) is 0 Å². The molecule has 16 heavy (non-hydrogen) atoms. The molecule has 1 N–H and O–H groups in total. The highest BCUT2D eigenvalue weighted by atomic mass is 127. The van der Waals surface area contributed by atoms with E-state index in [1.54, 1.807) is 0 Å². The van der Waals surface area contributed by atoms with E-state index in [0.717, 1.165) is 22.6 Å². The van der Waals surface area contributed by atoms with E-state index in [0.29, 0.717) is 0 Å². The Hall–Kier alpha value is -0.670. The second-order valence-electron chi connectivity index (χ2n) is 2.85. The van der Waals surface area contributed by atoms with E-state index in [9.17, 15) is 26.3 Å². The van der Waals surface area contributed by atoms with Gasteiger partial charge < -0.3 is 5.11 Å². The summed E-state index contributed by atoms with van der Waals surface area (Å²) >= 11 is 1.14. The van der Waals surface area contributed by atoms with E-state index >= 15 is 0 Å². The molecule has 1 aromatic carbocycles. The van der Waals surface area contributed by atoms with Crippen molar-refractivity contribution in [2.75, 3.05) is 0 Å². The molecule has 0 amide bonds. The van der Waals surface area contributed by atoms with Gasteiger partial charge in [-0.25, -0.2) is 0 Å². The number of aromatic hydroxyl groups is 1. The maximum atomic E-state index is 12.3. The van der Waals surface area contributed by atoms with Crippen LogP contribution in [0.2, 0.25) is 0 Å². The first-order chi connectivity index (χ1) is 7.03. The third-order valence-electron chi connectivity index (χ3n) is 1.69. The van der Waals surface area contributed by atoms with Crippen LogP contribution < -0.4 is 0 Å². The van der Waals surface area contributed by atoms with Crippen LogP contribution in [-0.2, 0) is 12.4 Å².